The molecule has 0 aromatic carbocycles. The summed E-state index contributed by atoms with van der Waals surface area (Å²) in [5, 5.41) is 3.27. The number of piperidine rings is 1. The van der Waals surface area contributed by atoms with E-state index in [1.165, 1.54) is 51.6 Å². The second-order valence-electron chi connectivity index (χ2n) is 6.74. The average molecular weight is 266 g/mol. The van der Waals surface area contributed by atoms with Crippen LogP contribution in [0.25, 0.3) is 0 Å². The lowest BCUT2D eigenvalue weighted by molar-refractivity contribution is 0.102. The van der Waals surface area contributed by atoms with Gasteiger partial charge in [0.1, 0.15) is 0 Å². The zero-order valence-electron chi connectivity index (χ0n) is 12.6. The molecule has 3 N–H and O–H groups in total. The Bertz CT molecular complexity index is 301. The summed E-state index contributed by atoms with van der Waals surface area (Å²) in [4.78, 5) is 7.10. The van der Waals surface area contributed by atoms with Gasteiger partial charge in [-0.1, -0.05) is 12.8 Å². The summed E-state index contributed by atoms with van der Waals surface area (Å²) in [5.41, 5.74) is 6.09. The Morgan fingerprint density at radius 2 is 1.89 bits per heavy atom. The van der Waals surface area contributed by atoms with Gasteiger partial charge in [0.25, 0.3) is 0 Å². The first kappa shape index (κ1) is 14.6. The van der Waals surface area contributed by atoms with Crippen LogP contribution in [0.5, 0.6) is 0 Å². The number of nitrogens with one attached hydrogen (secondary N) is 1. The lowest BCUT2D eigenvalue weighted by Gasteiger charge is -2.40. The first-order chi connectivity index (χ1) is 9.08. The van der Waals surface area contributed by atoms with E-state index in [2.05, 4.69) is 29.1 Å². The van der Waals surface area contributed by atoms with Crippen LogP contribution in [0.4, 0.5) is 0 Å². The number of likely N-dealkylation sites (tertiary alicyclic amines) is 1. The normalized spacial score (nSPS) is 23.2. The molecular weight excluding hydrogens is 236 g/mol. The number of rotatable bonds is 5. The lowest BCUT2D eigenvalue weighted by atomic mass is 9.85. The predicted molar refractivity (Wildman–Crippen MR) is 81.3 cm³/mol. The van der Waals surface area contributed by atoms with Crippen LogP contribution in [-0.4, -0.2) is 42.6 Å². The molecule has 4 heteroatoms. The maximum Gasteiger partial charge on any atom is 0.188 e. The summed E-state index contributed by atoms with van der Waals surface area (Å²) >= 11 is 0. The molecule has 0 spiro atoms. The molecular formula is C15H30N4. The molecule has 2 rings (SSSR count). The van der Waals surface area contributed by atoms with Crippen LogP contribution in [0, 0.1) is 5.92 Å². The minimum absolute atomic E-state index is 0.128. The number of hydrogen-bond acceptors (Lipinski definition) is 2. The molecule has 1 heterocycles. The van der Waals surface area contributed by atoms with E-state index in [-0.39, 0.29) is 5.54 Å². The van der Waals surface area contributed by atoms with Crippen molar-refractivity contribution in [2.75, 3.05) is 26.2 Å². The number of nitrogens with zero attached hydrogens (tertiary/aromatic N) is 2. The number of hydrogen-bond donors (Lipinski definition) is 2. The maximum absolute atomic E-state index is 5.96. The van der Waals surface area contributed by atoms with Crippen LogP contribution in [0.3, 0.4) is 0 Å². The largest absolute Gasteiger partial charge is 0.370 e. The zero-order valence-corrected chi connectivity index (χ0v) is 12.6. The Morgan fingerprint density at radius 1 is 1.21 bits per heavy atom. The van der Waals surface area contributed by atoms with Crippen LogP contribution >= 0.6 is 0 Å². The molecule has 4 nitrogen and oxygen atoms in total. The molecule has 19 heavy (non-hydrogen) atoms. The number of guanidine groups is 1. The van der Waals surface area contributed by atoms with Gasteiger partial charge >= 0.3 is 0 Å². The third kappa shape index (κ3) is 4.37. The monoisotopic (exact) mass is 266 g/mol. The summed E-state index contributed by atoms with van der Waals surface area (Å²) < 4.78 is 0. The summed E-state index contributed by atoms with van der Waals surface area (Å²) in [6.45, 7) is 8.76. The minimum Gasteiger partial charge on any atom is -0.370 e. The fraction of sp³-hybridized carbons (Fsp3) is 0.933. The fourth-order valence-electron chi connectivity index (χ4n) is 2.88. The van der Waals surface area contributed by atoms with E-state index < -0.39 is 0 Å². The average Bonchev–Trinajstić information content (AvgIpc) is 2.36. The third-order valence-corrected chi connectivity index (χ3v) is 4.65. The minimum atomic E-state index is 0.128. The Kier molecular flexibility index (Phi) is 5.08. The third-order valence-electron chi connectivity index (χ3n) is 4.65. The van der Waals surface area contributed by atoms with Gasteiger partial charge in [0, 0.05) is 12.1 Å². The molecule has 2 fully saturated rings. The van der Waals surface area contributed by atoms with E-state index in [1.54, 1.807) is 0 Å². The topological polar surface area (TPSA) is 53.6 Å². The lowest BCUT2D eigenvalue weighted by Crippen LogP contribution is -2.49. The summed E-state index contributed by atoms with van der Waals surface area (Å²) in [6.07, 6.45) is 8.09. The Morgan fingerprint density at radius 3 is 2.47 bits per heavy atom. The molecule has 1 aliphatic carbocycles. The molecule has 1 saturated heterocycles. The highest BCUT2D eigenvalue weighted by Crippen LogP contribution is 2.25. The van der Waals surface area contributed by atoms with Crippen molar-refractivity contribution >= 4 is 5.96 Å². The van der Waals surface area contributed by atoms with E-state index in [9.17, 15) is 0 Å². The highest BCUT2D eigenvalue weighted by atomic mass is 15.2. The highest BCUT2D eigenvalue weighted by Gasteiger charge is 2.27. The number of nitrogens with two attached hydrogens (primary N) is 1. The van der Waals surface area contributed by atoms with Gasteiger partial charge in [0.2, 0.25) is 0 Å². The van der Waals surface area contributed by atoms with Gasteiger partial charge in [-0.3, -0.25) is 9.89 Å². The van der Waals surface area contributed by atoms with E-state index in [1.807, 2.05) is 0 Å². The van der Waals surface area contributed by atoms with Gasteiger partial charge in [-0.05, 0) is 58.5 Å². The summed E-state index contributed by atoms with van der Waals surface area (Å²) in [6, 6.07) is 0. The second-order valence-corrected chi connectivity index (χ2v) is 6.74. The van der Waals surface area contributed by atoms with Crippen molar-refractivity contribution in [3.63, 3.8) is 0 Å². The molecule has 0 aromatic heterocycles. The predicted octanol–water partition coefficient (Wildman–Crippen LogP) is 1.96. The SMILES string of the molecule is CC(C)(CN=C(N)NCC1CCC1)N1CCCCC1. The molecule has 0 atom stereocenters. The van der Waals surface area contributed by atoms with Crippen LogP contribution in [0.2, 0.25) is 0 Å². The van der Waals surface area contributed by atoms with Crippen LogP contribution in [-0.2, 0) is 0 Å². The molecule has 110 valence electrons. The van der Waals surface area contributed by atoms with Gasteiger partial charge in [-0.2, -0.15) is 0 Å². The molecule has 0 amide bonds. The molecule has 2 aliphatic rings. The van der Waals surface area contributed by atoms with E-state index >= 15 is 0 Å². The van der Waals surface area contributed by atoms with Crippen molar-refractivity contribution in [2.24, 2.45) is 16.6 Å². The van der Waals surface area contributed by atoms with Crippen molar-refractivity contribution in [3.05, 3.63) is 0 Å². The highest BCUT2D eigenvalue weighted by molar-refractivity contribution is 5.77. The molecule has 0 aromatic rings. The van der Waals surface area contributed by atoms with Gasteiger partial charge in [0.05, 0.1) is 6.54 Å². The van der Waals surface area contributed by atoms with E-state index in [4.69, 9.17) is 5.73 Å². The maximum atomic E-state index is 5.96. The molecule has 1 saturated carbocycles. The van der Waals surface area contributed by atoms with Crippen molar-refractivity contribution in [3.8, 4) is 0 Å². The summed E-state index contributed by atoms with van der Waals surface area (Å²) in [5.74, 6) is 1.45. The summed E-state index contributed by atoms with van der Waals surface area (Å²) in [7, 11) is 0. The standard InChI is InChI=1S/C15H30N4/c1-15(2,19-9-4-3-5-10-19)12-18-14(16)17-11-13-7-6-8-13/h13H,3-12H2,1-2H3,(H3,16,17,18). The Balaban J connectivity index is 1.74. The second kappa shape index (κ2) is 6.60. The van der Waals surface area contributed by atoms with Crippen LogP contribution < -0.4 is 11.1 Å². The van der Waals surface area contributed by atoms with Crippen LogP contribution in [0.15, 0.2) is 4.99 Å². The van der Waals surface area contributed by atoms with Gasteiger partial charge in [-0.25, -0.2) is 0 Å². The van der Waals surface area contributed by atoms with E-state index in [0.29, 0.717) is 5.96 Å². The first-order valence-corrected chi connectivity index (χ1v) is 7.87. The first-order valence-electron chi connectivity index (χ1n) is 7.87. The number of aliphatic imine (C=N–C) groups is 1. The zero-order chi connectivity index (χ0) is 13.7. The van der Waals surface area contributed by atoms with Crippen molar-refractivity contribution in [1.82, 2.24) is 10.2 Å². The molecule has 0 unspecified atom stereocenters. The van der Waals surface area contributed by atoms with Gasteiger partial charge < -0.3 is 11.1 Å². The van der Waals surface area contributed by atoms with Crippen molar-refractivity contribution in [2.45, 2.75) is 57.9 Å². The Labute approximate surface area is 117 Å². The van der Waals surface area contributed by atoms with Crippen molar-refractivity contribution in [1.29, 1.82) is 0 Å². The van der Waals surface area contributed by atoms with Crippen molar-refractivity contribution < 1.29 is 0 Å². The molecule has 0 bridgehead atoms. The van der Waals surface area contributed by atoms with Gasteiger partial charge in [-0.15, -0.1) is 0 Å². The molecule has 1 aliphatic heterocycles. The van der Waals surface area contributed by atoms with Crippen LogP contribution in [0.1, 0.15) is 52.4 Å². The quantitative estimate of drug-likeness (QED) is 0.591. The Hall–Kier alpha value is -0.770. The smallest absolute Gasteiger partial charge is 0.188 e. The fourth-order valence-corrected chi connectivity index (χ4v) is 2.88. The van der Waals surface area contributed by atoms with E-state index in [0.717, 1.165) is 19.0 Å². The molecule has 0 radical (unpaired) electrons. The van der Waals surface area contributed by atoms with Gasteiger partial charge in [0.15, 0.2) is 5.96 Å².